The predicted molar refractivity (Wildman–Crippen MR) is 106 cm³/mol. The molecule has 0 aromatic heterocycles. The lowest BCUT2D eigenvalue weighted by molar-refractivity contribution is -0.120. The number of carbonyl (C=O) groups excluding carboxylic acids is 1. The third-order valence-electron chi connectivity index (χ3n) is 4.39. The van der Waals surface area contributed by atoms with Crippen molar-refractivity contribution in [3.05, 3.63) is 65.2 Å². The summed E-state index contributed by atoms with van der Waals surface area (Å²) in [5, 5.41) is 6.46. The zero-order chi connectivity index (χ0) is 18.1. The zero-order valence-corrected chi connectivity index (χ0v) is 15.6. The first-order valence-corrected chi connectivity index (χ1v) is 9.22. The van der Waals surface area contributed by atoms with Gasteiger partial charge < -0.3 is 10.6 Å². The number of hydrogen-bond acceptors (Lipinski definition) is 2. The van der Waals surface area contributed by atoms with Gasteiger partial charge in [-0.3, -0.25) is 4.79 Å². The van der Waals surface area contributed by atoms with Gasteiger partial charge >= 0.3 is 0 Å². The number of hydrogen-bond donors (Lipinski definition) is 2. The SMILES string of the molecule is Cc1cccc(C(C)C)c1NCCC(=O)NCCCc1ccccc1. The summed E-state index contributed by atoms with van der Waals surface area (Å²) in [5.41, 5.74) is 5.03. The monoisotopic (exact) mass is 338 g/mol. The summed E-state index contributed by atoms with van der Waals surface area (Å²) in [6, 6.07) is 16.7. The molecule has 2 aromatic carbocycles. The molecule has 0 spiro atoms. The van der Waals surface area contributed by atoms with Gasteiger partial charge in [0.1, 0.15) is 0 Å². The normalized spacial score (nSPS) is 10.7. The lowest BCUT2D eigenvalue weighted by Gasteiger charge is -2.17. The minimum atomic E-state index is 0.111. The van der Waals surface area contributed by atoms with Crippen LogP contribution >= 0.6 is 0 Å². The average molecular weight is 338 g/mol. The Kier molecular flexibility index (Phi) is 7.52. The van der Waals surface area contributed by atoms with Crippen LogP contribution in [0.2, 0.25) is 0 Å². The van der Waals surface area contributed by atoms with Crippen molar-refractivity contribution in [1.82, 2.24) is 5.32 Å². The lowest BCUT2D eigenvalue weighted by atomic mass is 9.98. The molecule has 0 heterocycles. The summed E-state index contributed by atoms with van der Waals surface area (Å²) < 4.78 is 0. The highest BCUT2D eigenvalue weighted by Crippen LogP contribution is 2.27. The van der Waals surface area contributed by atoms with Crippen molar-refractivity contribution in [2.75, 3.05) is 18.4 Å². The molecule has 1 amide bonds. The highest BCUT2D eigenvalue weighted by atomic mass is 16.1. The van der Waals surface area contributed by atoms with Crippen LogP contribution in [0.1, 0.15) is 49.3 Å². The third kappa shape index (κ3) is 6.26. The molecule has 2 aromatic rings. The molecule has 0 radical (unpaired) electrons. The van der Waals surface area contributed by atoms with Crippen LogP contribution in [-0.4, -0.2) is 19.0 Å². The number of benzene rings is 2. The van der Waals surface area contributed by atoms with E-state index in [9.17, 15) is 4.79 Å². The first-order valence-electron chi connectivity index (χ1n) is 9.22. The summed E-state index contributed by atoms with van der Waals surface area (Å²) >= 11 is 0. The van der Waals surface area contributed by atoms with Crippen molar-refractivity contribution in [2.24, 2.45) is 0 Å². The topological polar surface area (TPSA) is 41.1 Å². The van der Waals surface area contributed by atoms with Crippen LogP contribution in [-0.2, 0) is 11.2 Å². The first kappa shape index (κ1) is 19.0. The molecule has 0 bridgehead atoms. The summed E-state index contributed by atoms with van der Waals surface area (Å²) in [6.07, 6.45) is 2.47. The van der Waals surface area contributed by atoms with Crippen LogP contribution in [0.4, 0.5) is 5.69 Å². The lowest BCUT2D eigenvalue weighted by Crippen LogP contribution is -2.26. The second-order valence-corrected chi connectivity index (χ2v) is 6.81. The maximum atomic E-state index is 12.0. The molecule has 3 heteroatoms. The van der Waals surface area contributed by atoms with E-state index in [1.807, 2.05) is 6.07 Å². The predicted octanol–water partition coefficient (Wildman–Crippen LogP) is 4.67. The molecule has 3 nitrogen and oxygen atoms in total. The van der Waals surface area contributed by atoms with Crippen molar-refractivity contribution >= 4 is 11.6 Å². The van der Waals surface area contributed by atoms with E-state index in [0.717, 1.165) is 19.4 Å². The first-order chi connectivity index (χ1) is 12.1. The van der Waals surface area contributed by atoms with Crippen molar-refractivity contribution in [1.29, 1.82) is 0 Å². The molecule has 25 heavy (non-hydrogen) atoms. The zero-order valence-electron chi connectivity index (χ0n) is 15.6. The summed E-state index contributed by atoms with van der Waals surface area (Å²) in [4.78, 5) is 12.0. The van der Waals surface area contributed by atoms with E-state index in [4.69, 9.17) is 0 Å². The fourth-order valence-electron chi connectivity index (χ4n) is 2.97. The van der Waals surface area contributed by atoms with Gasteiger partial charge in [-0.05, 0) is 42.4 Å². The van der Waals surface area contributed by atoms with Crippen molar-refractivity contribution < 1.29 is 4.79 Å². The standard InChI is InChI=1S/C22H30N2O/c1-17(2)20-13-7-9-18(3)22(20)24-16-14-21(25)23-15-8-12-19-10-5-4-6-11-19/h4-7,9-11,13,17,24H,8,12,14-16H2,1-3H3,(H,23,25). The van der Waals surface area contributed by atoms with E-state index in [-0.39, 0.29) is 5.91 Å². The Morgan fingerprint density at radius 3 is 2.48 bits per heavy atom. The van der Waals surface area contributed by atoms with E-state index < -0.39 is 0 Å². The van der Waals surface area contributed by atoms with Crippen molar-refractivity contribution in [3.8, 4) is 0 Å². The van der Waals surface area contributed by atoms with Crippen LogP contribution in [0.25, 0.3) is 0 Å². The van der Waals surface area contributed by atoms with Crippen LogP contribution in [0, 0.1) is 6.92 Å². The van der Waals surface area contributed by atoms with Gasteiger partial charge in [-0.1, -0.05) is 62.4 Å². The fraction of sp³-hybridized carbons (Fsp3) is 0.409. The summed E-state index contributed by atoms with van der Waals surface area (Å²) in [5.74, 6) is 0.578. The van der Waals surface area contributed by atoms with E-state index in [1.165, 1.54) is 22.4 Å². The Labute approximate surface area is 151 Å². The van der Waals surface area contributed by atoms with E-state index in [0.29, 0.717) is 18.9 Å². The molecule has 0 unspecified atom stereocenters. The number of rotatable bonds is 9. The smallest absolute Gasteiger partial charge is 0.221 e. The molecule has 0 aliphatic carbocycles. The Balaban J connectivity index is 1.69. The Bertz CT molecular complexity index is 665. The van der Waals surface area contributed by atoms with Gasteiger partial charge in [-0.2, -0.15) is 0 Å². The molecule has 0 atom stereocenters. The molecule has 0 saturated heterocycles. The number of para-hydroxylation sites is 1. The molecule has 0 saturated carbocycles. The minimum absolute atomic E-state index is 0.111. The van der Waals surface area contributed by atoms with Gasteiger partial charge in [0.25, 0.3) is 0 Å². The van der Waals surface area contributed by atoms with Crippen LogP contribution in [0.3, 0.4) is 0 Å². The second kappa shape index (κ2) is 9.87. The van der Waals surface area contributed by atoms with Crippen molar-refractivity contribution in [3.63, 3.8) is 0 Å². The third-order valence-corrected chi connectivity index (χ3v) is 4.39. The highest BCUT2D eigenvalue weighted by molar-refractivity contribution is 5.76. The number of anilines is 1. The summed E-state index contributed by atoms with van der Waals surface area (Å²) in [7, 11) is 0. The van der Waals surface area contributed by atoms with Crippen LogP contribution < -0.4 is 10.6 Å². The molecule has 0 aliphatic rings. The van der Waals surface area contributed by atoms with Gasteiger partial charge in [0.15, 0.2) is 0 Å². The number of amides is 1. The molecular formula is C22H30N2O. The summed E-state index contributed by atoms with van der Waals surface area (Å²) in [6.45, 7) is 7.89. The molecule has 2 rings (SSSR count). The van der Waals surface area contributed by atoms with Gasteiger partial charge in [0.2, 0.25) is 5.91 Å². The number of carbonyl (C=O) groups is 1. The highest BCUT2D eigenvalue weighted by Gasteiger charge is 2.09. The van der Waals surface area contributed by atoms with E-state index in [1.54, 1.807) is 0 Å². The average Bonchev–Trinajstić information content (AvgIpc) is 2.61. The van der Waals surface area contributed by atoms with E-state index >= 15 is 0 Å². The molecule has 2 N–H and O–H groups in total. The van der Waals surface area contributed by atoms with Gasteiger partial charge in [-0.25, -0.2) is 0 Å². The second-order valence-electron chi connectivity index (χ2n) is 6.81. The molecule has 134 valence electrons. The van der Waals surface area contributed by atoms with Crippen molar-refractivity contribution in [2.45, 2.75) is 46.0 Å². The quantitative estimate of drug-likeness (QED) is 0.652. The largest absolute Gasteiger partial charge is 0.384 e. The Morgan fingerprint density at radius 2 is 1.76 bits per heavy atom. The van der Waals surface area contributed by atoms with Crippen LogP contribution in [0.5, 0.6) is 0 Å². The van der Waals surface area contributed by atoms with Gasteiger partial charge in [0.05, 0.1) is 0 Å². The minimum Gasteiger partial charge on any atom is -0.384 e. The molecular weight excluding hydrogens is 308 g/mol. The maximum Gasteiger partial charge on any atom is 0.221 e. The Morgan fingerprint density at radius 1 is 1.00 bits per heavy atom. The van der Waals surface area contributed by atoms with Crippen LogP contribution in [0.15, 0.2) is 48.5 Å². The number of aryl methyl sites for hydroxylation is 2. The Hall–Kier alpha value is -2.29. The van der Waals surface area contributed by atoms with E-state index in [2.05, 4.69) is 73.9 Å². The molecule has 0 aliphatic heterocycles. The van der Waals surface area contributed by atoms with Gasteiger partial charge in [0, 0.05) is 25.2 Å². The maximum absolute atomic E-state index is 12.0. The fourth-order valence-corrected chi connectivity index (χ4v) is 2.97. The van der Waals surface area contributed by atoms with Gasteiger partial charge in [-0.15, -0.1) is 0 Å². The molecule has 0 fully saturated rings. The number of nitrogens with one attached hydrogen (secondary N) is 2.